The highest BCUT2D eigenvalue weighted by Gasteiger charge is 2.11. The number of benzene rings is 2. The number of hydrogen-bond acceptors (Lipinski definition) is 5. The van der Waals surface area contributed by atoms with Crippen LogP contribution in [0, 0.1) is 5.82 Å². The van der Waals surface area contributed by atoms with Crippen molar-refractivity contribution in [3.63, 3.8) is 0 Å². The quantitative estimate of drug-likeness (QED) is 0.704. The summed E-state index contributed by atoms with van der Waals surface area (Å²) in [5.41, 5.74) is 1.71. The van der Waals surface area contributed by atoms with Crippen molar-refractivity contribution in [2.24, 2.45) is 0 Å². The number of methoxy groups -OCH3 is 1. The topological polar surface area (TPSA) is 45.2 Å². The zero-order valence-corrected chi connectivity index (χ0v) is 15.6. The highest BCUT2D eigenvalue weighted by atomic mass is 19.1. The van der Waals surface area contributed by atoms with Crippen molar-refractivity contribution in [3.8, 4) is 11.5 Å². The third kappa shape index (κ3) is 5.89. The fourth-order valence-electron chi connectivity index (χ4n) is 2.55. The van der Waals surface area contributed by atoms with Crippen LogP contribution in [-0.2, 0) is 6.54 Å². The van der Waals surface area contributed by atoms with Crippen LogP contribution in [0.4, 0.5) is 10.1 Å². The summed E-state index contributed by atoms with van der Waals surface area (Å²) in [6.07, 6.45) is 0. The van der Waals surface area contributed by atoms with Gasteiger partial charge in [0, 0.05) is 31.4 Å². The molecule has 2 aromatic rings. The van der Waals surface area contributed by atoms with Gasteiger partial charge in [-0.05, 0) is 43.9 Å². The van der Waals surface area contributed by atoms with Gasteiger partial charge in [-0.3, -0.25) is 0 Å². The summed E-state index contributed by atoms with van der Waals surface area (Å²) in [5.74, 6) is 0.614. The molecular weight excluding hydrogens is 335 g/mol. The first-order valence-corrected chi connectivity index (χ1v) is 8.59. The van der Waals surface area contributed by atoms with E-state index in [0.29, 0.717) is 19.7 Å². The lowest BCUT2D eigenvalue weighted by Gasteiger charge is -2.24. The molecule has 2 rings (SSSR count). The number of likely N-dealkylation sites (N-methyl/N-ethyl adjacent to an activating group) is 1. The number of aliphatic hydroxyl groups is 1. The molecule has 5 nitrogen and oxygen atoms in total. The van der Waals surface area contributed by atoms with Crippen LogP contribution in [-0.4, -0.2) is 57.5 Å². The van der Waals surface area contributed by atoms with E-state index in [0.717, 1.165) is 23.5 Å². The van der Waals surface area contributed by atoms with Crippen molar-refractivity contribution >= 4 is 5.69 Å². The third-order valence-corrected chi connectivity index (χ3v) is 3.95. The standard InChI is InChI=1S/C20H27FN2O3/c1-22(2)10-12-26-20-8-7-16(13-19(20)21)15-23(9-11-24)17-5-4-6-18(14-17)25-3/h4-8,13-14,24H,9-12,15H2,1-3H3. The Balaban J connectivity index is 2.09. The molecule has 0 aliphatic rings. The van der Waals surface area contributed by atoms with Gasteiger partial charge in [0.05, 0.1) is 13.7 Å². The van der Waals surface area contributed by atoms with Gasteiger partial charge < -0.3 is 24.4 Å². The summed E-state index contributed by atoms with van der Waals surface area (Å²) in [6.45, 7) is 2.08. The zero-order valence-electron chi connectivity index (χ0n) is 15.6. The average molecular weight is 362 g/mol. The maximum atomic E-state index is 14.3. The molecule has 142 valence electrons. The predicted octanol–water partition coefficient (Wildman–Crippen LogP) is 2.77. The maximum Gasteiger partial charge on any atom is 0.165 e. The monoisotopic (exact) mass is 362 g/mol. The van der Waals surface area contributed by atoms with E-state index in [4.69, 9.17) is 9.47 Å². The minimum absolute atomic E-state index is 0.00538. The second-order valence-electron chi connectivity index (χ2n) is 6.26. The van der Waals surface area contributed by atoms with E-state index in [1.165, 1.54) is 6.07 Å². The van der Waals surface area contributed by atoms with Gasteiger partial charge in [-0.15, -0.1) is 0 Å². The Morgan fingerprint density at radius 2 is 1.88 bits per heavy atom. The number of halogens is 1. The molecule has 0 saturated carbocycles. The molecule has 0 aromatic heterocycles. The van der Waals surface area contributed by atoms with Crippen LogP contribution in [0.3, 0.4) is 0 Å². The molecule has 26 heavy (non-hydrogen) atoms. The van der Waals surface area contributed by atoms with Crippen molar-refractivity contribution in [1.29, 1.82) is 0 Å². The van der Waals surface area contributed by atoms with Crippen molar-refractivity contribution < 1.29 is 19.0 Å². The van der Waals surface area contributed by atoms with Crippen LogP contribution >= 0.6 is 0 Å². The molecule has 0 saturated heterocycles. The number of ether oxygens (including phenoxy) is 2. The first-order valence-electron chi connectivity index (χ1n) is 8.59. The second-order valence-corrected chi connectivity index (χ2v) is 6.26. The van der Waals surface area contributed by atoms with Crippen LogP contribution in [0.5, 0.6) is 11.5 Å². The summed E-state index contributed by atoms with van der Waals surface area (Å²) in [6, 6.07) is 12.6. The minimum Gasteiger partial charge on any atom is -0.497 e. The van der Waals surface area contributed by atoms with E-state index in [1.54, 1.807) is 13.2 Å². The summed E-state index contributed by atoms with van der Waals surface area (Å²) in [4.78, 5) is 3.96. The highest BCUT2D eigenvalue weighted by molar-refractivity contribution is 5.51. The number of hydrogen-bond donors (Lipinski definition) is 1. The lowest BCUT2D eigenvalue weighted by Crippen LogP contribution is -2.26. The highest BCUT2D eigenvalue weighted by Crippen LogP contribution is 2.24. The molecule has 0 aliphatic heterocycles. The van der Waals surface area contributed by atoms with Gasteiger partial charge in [0.1, 0.15) is 12.4 Å². The van der Waals surface area contributed by atoms with E-state index < -0.39 is 0 Å². The molecule has 0 heterocycles. The molecule has 2 aromatic carbocycles. The summed E-state index contributed by atoms with van der Waals surface area (Å²) >= 11 is 0. The first-order chi connectivity index (χ1) is 12.5. The molecule has 0 aliphatic carbocycles. The van der Waals surface area contributed by atoms with Crippen LogP contribution in [0.15, 0.2) is 42.5 Å². The summed E-state index contributed by atoms with van der Waals surface area (Å²) < 4.78 is 25.0. The molecule has 0 spiro atoms. The summed E-state index contributed by atoms with van der Waals surface area (Å²) in [5, 5.41) is 9.37. The first kappa shape index (κ1) is 20.0. The molecule has 1 N–H and O–H groups in total. The van der Waals surface area contributed by atoms with Crippen molar-refractivity contribution in [1.82, 2.24) is 4.90 Å². The largest absolute Gasteiger partial charge is 0.497 e. The molecular formula is C20H27FN2O3. The van der Waals surface area contributed by atoms with Crippen molar-refractivity contribution in [3.05, 3.63) is 53.8 Å². The van der Waals surface area contributed by atoms with E-state index in [9.17, 15) is 9.50 Å². The number of nitrogens with zero attached hydrogens (tertiary/aromatic N) is 2. The Labute approximate surface area is 154 Å². The molecule has 0 atom stereocenters. The van der Waals surface area contributed by atoms with Gasteiger partial charge in [-0.25, -0.2) is 4.39 Å². The van der Waals surface area contributed by atoms with E-state index >= 15 is 0 Å². The Bertz CT molecular complexity index is 695. The average Bonchev–Trinajstić information content (AvgIpc) is 2.63. The van der Waals surface area contributed by atoms with Gasteiger partial charge in [0.25, 0.3) is 0 Å². The van der Waals surface area contributed by atoms with Crippen molar-refractivity contribution in [2.45, 2.75) is 6.54 Å². The molecule has 0 fully saturated rings. The summed E-state index contributed by atoms with van der Waals surface area (Å²) in [7, 11) is 5.49. The maximum absolute atomic E-state index is 14.3. The lowest BCUT2D eigenvalue weighted by atomic mass is 10.1. The number of aliphatic hydroxyl groups excluding tert-OH is 1. The Morgan fingerprint density at radius 1 is 1.08 bits per heavy atom. The third-order valence-electron chi connectivity index (χ3n) is 3.95. The SMILES string of the molecule is COc1cccc(N(CCO)Cc2ccc(OCCN(C)C)c(F)c2)c1. The number of anilines is 1. The van der Waals surface area contributed by atoms with Crippen LogP contribution < -0.4 is 14.4 Å². The number of rotatable bonds is 10. The Hall–Kier alpha value is -2.31. The lowest BCUT2D eigenvalue weighted by molar-refractivity contribution is 0.252. The molecule has 6 heteroatoms. The Kier molecular flexibility index (Phi) is 7.69. The van der Waals surface area contributed by atoms with Crippen LogP contribution in [0.1, 0.15) is 5.56 Å². The fourth-order valence-corrected chi connectivity index (χ4v) is 2.55. The zero-order chi connectivity index (χ0) is 18.9. The molecule has 0 radical (unpaired) electrons. The molecule has 0 unspecified atom stereocenters. The van der Waals surface area contributed by atoms with Crippen LogP contribution in [0.2, 0.25) is 0 Å². The predicted molar refractivity (Wildman–Crippen MR) is 102 cm³/mol. The Morgan fingerprint density at radius 3 is 2.54 bits per heavy atom. The van der Waals surface area contributed by atoms with Gasteiger partial charge >= 0.3 is 0 Å². The second kappa shape index (κ2) is 9.99. The normalized spacial score (nSPS) is 10.8. The van der Waals surface area contributed by atoms with Gasteiger partial charge in [-0.1, -0.05) is 12.1 Å². The van der Waals surface area contributed by atoms with E-state index in [2.05, 4.69) is 0 Å². The van der Waals surface area contributed by atoms with Gasteiger partial charge in [0.15, 0.2) is 11.6 Å². The smallest absolute Gasteiger partial charge is 0.165 e. The fraction of sp³-hybridized carbons (Fsp3) is 0.400. The minimum atomic E-state index is -0.379. The van der Waals surface area contributed by atoms with Crippen LogP contribution in [0.25, 0.3) is 0 Å². The van der Waals surface area contributed by atoms with Gasteiger partial charge in [0.2, 0.25) is 0 Å². The molecule has 0 amide bonds. The van der Waals surface area contributed by atoms with Gasteiger partial charge in [-0.2, -0.15) is 0 Å². The van der Waals surface area contributed by atoms with E-state index in [1.807, 2.05) is 54.2 Å². The van der Waals surface area contributed by atoms with Crippen molar-refractivity contribution in [2.75, 3.05) is 52.4 Å². The van der Waals surface area contributed by atoms with E-state index in [-0.39, 0.29) is 18.2 Å². The molecule has 0 bridgehead atoms.